The molecule has 0 radical (unpaired) electrons. The zero-order valence-electron chi connectivity index (χ0n) is 23.8. The number of morpholine rings is 1. The zero-order chi connectivity index (χ0) is 29.3. The van der Waals surface area contributed by atoms with Crippen LogP contribution in [0.3, 0.4) is 0 Å². The highest BCUT2D eigenvalue weighted by molar-refractivity contribution is 6.14. The second-order valence-electron chi connectivity index (χ2n) is 9.96. The molecule has 0 N–H and O–H groups in total. The molecule has 1 unspecified atom stereocenters. The Morgan fingerprint density at radius 3 is 2.48 bits per heavy atom. The van der Waals surface area contributed by atoms with Crippen LogP contribution in [0.15, 0.2) is 71.0 Å². The van der Waals surface area contributed by atoms with Crippen LogP contribution in [-0.2, 0) is 24.4 Å². The standard InChI is InChI=1S/C31H32N6O5/c1-4-40-30(41-5-2)36-25-14-10-9-13-23(25)31(29(36)38)24(19-32)27(33-20-35-15-17-39-18-16-35)42-28-26(31)21(3)34-37(28)22-11-7-6-8-12-22/h6-14,20,30H,4-5,15-18H2,1-3H3. The van der Waals surface area contributed by atoms with Gasteiger partial charge in [0.1, 0.15) is 17.1 Å². The van der Waals surface area contributed by atoms with Crippen molar-refractivity contribution in [2.75, 3.05) is 44.4 Å². The van der Waals surface area contributed by atoms with Gasteiger partial charge in [0.05, 0.1) is 42.2 Å². The van der Waals surface area contributed by atoms with E-state index in [1.165, 1.54) is 4.90 Å². The van der Waals surface area contributed by atoms with Gasteiger partial charge in [0.25, 0.3) is 5.91 Å². The van der Waals surface area contributed by atoms with Crippen LogP contribution >= 0.6 is 0 Å². The maximum atomic E-state index is 15.0. The molecule has 6 rings (SSSR count). The van der Waals surface area contributed by atoms with E-state index in [0.29, 0.717) is 67.9 Å². The summed E-state index contributed by atoms with van der Waals surface area (Å²) in [6, 6.07) is 19.2. The maximum Gasteiger partial charge on any atom is 0.251 e. The van der Waals surface area contributed by atoms with Crippen LogP contribution in [-0.4, -0.2) is 72.9 Å². The van der Waals surface area contributed by atoms with E-state index < -0.39 is 17.7 Å². The Labute approximate surface area is 244 Å². The molecule has 1 atom stereocenters. The summed E-state index contributed by atoms with van der Waals surface area (Å²) >= 11 is 0. The van der Waals surface area contributed by atoms with Gasteiger partial charge in [0.15, 0.2) is 0 Å². The van der Waals surface area contributed by atoms with Gasteiger partial charge in [-0.15, -0.1) is 0 Å². The summed E-state index contributed by atoms with van der Waals surface area (Å²) in [6.45, 7) is 8.58. The van der Waals surface area contributed by atoms with Crippen molar-refractivity contribution in [3.63, 3.8) is 0 Å². The molecular weight excluding hydrogens is 536 g/mol. The quantitative estimate of drug-likeness (QED) is 0.230. The van der Waals surface area contributed by atoms with Crippen LogP contribution in [0.4, 0.5) is 5.69 Å². The van der Waals surface area contributed by atoms with Crippen molar-refractivity contribution in [2.45, 2.75) is 32.6 Å². The number of benzene rings is 2. The highest BCUT2D eigenvalue weighted by Gasteiger charge is 2.62. The lowest BCUT2D eigenvalue weighted by molar-refractivity contribution is -0.150. The lowest BCUT2D eigenvalue weighted by atomic mass is 9.69. The molecule has 11 nitrogen and oxygen atoms in total. The van der Waals surface area contributed by atoms with Crippen molar-refractivity contribution in [3.05, 3.63) is 82.9 Å². The van der Waals surface area contributed by atoms with Crippen molar-refractivity contribution >= 4 is 17.9 Å². The number of fused-ring (bicyclic) bond motifs is 4. The molecular formula is C31H32N6O5. The Hall–Kier alpha value is -4.50. The van der Waals surface area contributed by atoms with Crippen LogP contribution in [0, 0.1) is 18.3 Å². The molecule has 1 saturated heterocycles. The summed E-state index contributed by atoms with van der Waals surface area (Å²) in [5.41, 5.74) is 1.44. The predicted molar refractivity (Wildman–Crippen MR) is 154 cm³/mol. The number of nitrogens with zero attached hydrogens (tertiary/aromatic N) is 6. The number of carbonyl (C=O) groups excluding carboxylic acids is 1. The second-order valence-corrected chi connectivity index (χ2v) is 9.96. The molecule has 1 aromatic heterocycles. The number of carbonyl (C=O) groups is 1. The summed E-state index contributed by atoms with van der Waals surface area (Å²) in [5, 5.41) is 15.6. The topological polar surface area (TPSA) is 114 Å². The second kappa shape index (κ2) is 11.4. The van der Waals surface area contributed by atoms with Gasteiger partial charge < -0.3 is 23.8 Å². The van der Waals surface area contributed by atoms with Crippen LogP contribution in [0.2, 0.25) is 0 Å². The lowest BCUT2D eigenvalue weighted by Crippen LogP contribution is -2.50. The Kier molecular flexibility index (Phi) is 7.51. The van der Waals surface area contributed by atoms with E-state index in [9.17, 15) is 5.26 Å². The largest absolute Gasteiger partial charge is 0.419 e. The molecule has 0 bridgehead atoms. The monoisotopic (exact) mass is 568 g/mol. The fraction of sp³-hybridized carbons (Fsp3) is 0.355. The molecule has 216 valence electrons. The number of amides is 1. The van der Waals surface area contributed by atoms with Gasteiger partial charge in [-0.25, -0.2) is 9.67 Å². The van der Waals surface area contributed by atoms with Gasteiger partial charge in [-0.3, -0.25) is 9.69 Å². The van der Waals surface area contributed by atoms with Crippen molar-refractivity contribution in [2.24, 2.45) is 4.99 Å². The first kappa shape index (κ1) is 27.7. The maximum absolute atomic E-state index is 15.0. The van der Waals surface area contributed by atoms with Crippen LogP contribution in [0.5, 0.6) is 5.88 Å². The fourth-order valence-corrected chi connectivity index (χ4v) is 5.83. The molecule has 2 aromatic carbocycles. The van der Waals surface area contributed by atoms with Gasteiger partial charge in [-0.1, -0.05) is 36.4 Å². The molecule has 4 heterocycles. The van der Waals surface area contributed by atoms with Crippen molar-refractivity contribution in [1.82, 2.24) is 14.7 Å². The summed E-state index contributed by atoms with van der Waals surface area (Å²) in [5.74, 6) is -0.0457. The van der Waals surface area contributed by atoms with E-state index in [2.05, 4.69) is 11.1 Å². The summed E-state index contributed by atoms with van der Waals surface area (Å²) in [7, 11) is 0. The van der Waals surface area contributed by atoms with E-state index in [1.54, 1.807) is 11.0 Å². The summed E-state index contributed by atoms with van der Waals surface area (Å²) in [6.07, 6.45) is 0.653. The third-order valence-electron chi connectivity index (χ3n) is 7.61. The van der Waals surface area contributed by atoms with E-state index in [4.69, 9.17) is 24.0 Å². The Balaban J connectivity index is 1.63. The SMILES string of the molecule is CCOC(OCC)N1C(=O)C2(C(C#N)=C(N=CN3CCOCC3)Oc3c2c(C)nn3-c2ccccc2)c2ccccc21. The van der Waals surface area contributed by atoms with Crippen LogP contribution in [0.25, 0.3) is 5.69 Å². The molecule has 3 aromatic rings. The molecule has 1 fully saturated rings. The van der Waals surface area contributed by atoms with Crippen molar-refractivity contribution in [1.29, 1.82) is 5.26 Å². The third kappa shape index (κ3) is 4.27. The number of nitriles is 1. The molecule has 3 aliphatic heterocycles. The molecule has 0 aliphatic carbocycles. The predicted octanol–water partition coefficient (Wildman–Crippen LogP) is 3.66. The minimum Gasteiger partial charge on any atom is -0.419 e. The van der Waals surface area contributed by atoms with Gasteiger partial charge in [-0.05, 0) is 39.0 Å². The number of hydrogen-bond donors (Lipinski definition) is 0. The fourth-order valence-electron chi connectivity index (χ4n) is 5.83. The first-order valence-electron chi connectivity index (χ1n) is 14.1. The molecule has 1 amide bonds. The first-order valence-corrected chi connectivity index (χ1v) is 14.1. The highest BCUT2D eigenvalue weighted by atomic mass is 16.7. The summed E-state index contributed by atoms with van der Waals surface area (Å²) in [4.78, 5) is 23.2. The smallest absolute Gasteiger partial charge is 0.251 e. The van der Waals surface area contributed by atoms with Crippen molar-refractivity contribution in [3.8, 4) is 17.6 Å². The van der Waals surface area contributed by atoms with Gasteiger partial charge >= 0.3 is 0 Å². The number of aliphatic imine (C=N–C) groups is 1. The first-order chi connectivity index (χ1) is 20.6. The summed E-state index contributed by atoms with van der Waals surface area (Å²) < 4.78 is 25.4. The van der Waals surface area contributed by atoms with Crippen molar-refractivity contribution < 1.29 is 23.7 Å². The molecule has 11 heteroatoms. The number of para-hydroxylation sites is 2. The van der Waals surface area contributed by atoms with Gasteiger partial charge in [-0.2, -0.15) is 10.4 Å². The molecule has 1 spiro atoms. The van der Waals surface area contributed by atoms with E-state index in [1.807, 2.05) is 80.3 Å². The molecule has 3 aliphatic rings. The average molecular weight is 569 g/mol. The van der Waals surface area contributed by atoms with Crippen LogP contribution < -0.4 is 9.64 Å². The van der Waals surface area contributed by atoms with E-state index >= 15 is 4.79 Å². The highest BCUT2D eigenvalue weighted by Crippen LogP contribution is 2.57. The van der Waals surface area contributed by atoms with Gasteiger partial charge in [0, 0.05) is 31.9 Å². The minimum atomic E-state index is -1.60. The Bertz CT molecular complexity index is 1580. The van der Waals surface area contributed by atoms with Gasteiger partial charge in [0.2, 0.25) is 18.2 Å². The zero-order valence-corrected chi connectivity index (χ0v) is 23.8. The number of aryl methyl sites for hydroxylation is 1. The number of ether oxygens (including phenoxy) is 4. The molecule has 0 saturated carbocycles. The lowest BCUT2D eigenvalue weighted by Gasteiger charge is -2.34. The Morgan fingerprint density at radius 2 is 1.79 bits per heavy atom. The number of anilines is 1. The average Bonchev–Trinajstić information content (AvgIpc) is 3.48. The van der Waals surface area contributed by atoms with E-state index in [-0.39, 0.29) is 11.5 Å². The Morgan fingerprint density at radius 1 is 1.10 bits per heavy atom. The van der Waals surface area contributed by atoms with E-state index in [0.717, 1.165) is 5.69 Å². The number of rotatable bonds is 8. The molecule has 42 heavy (non-hydrogen) atoms. The normalized spacial score (nSPS) is 19.9. The van der Waals surface area contributed by atoms with Crippen LogP contribution in [0.1, 0.15) is 30.7 Å². The number of aromatic nitrogens is 2. The third-order valence-corrected chi connectivity index (χ3v) is 7.61. The minimum absolute atomic E-state index is 0.0305. The number of hydrogen-bond acceptors (Lipinski definition) is 8.